The maximum Gasteiger partial charge on any atom is 0.165 e. The zero-order valence-electron chi connectivity index (χ0n) is 17.8. The Balaban J connectivity index is 1.41. The van der Waals surface area contributed by atoms with Gasteiger partial charge in [0.25, 0.3) is 0 Å². The van der Waals surface area contributed by atoms with Crippen LogP contribution in [0.25, 0.3) is 0 Å². The van der Waals surface area contributed by atoms with Crippen molar-refractivity contribution in [2.45, 2.75) is 44.7 Å². The van der Waals surface area contributed by atoms with Crippen LogP contribution in [0, 0.1) is 11.3 Å². The van der Waals surface area contributed by atoms with E-state index in [1.165, 1.54) is 50.8 Å². The van der Waals surface area contributed by atoms with Gasteiger partial charge in [-0.25, -0.2) is 0 Å². The third kappa shape index (κ3) is 3.77. The summed E-state index contributed by atoms with van der Waals surface area (Å²) in [6.07, 6.45) is 6.77. The smallest absolute Gasteiger partial charge is 0.165 e. The minimum absolute atomic E-state index is 0.445. The number of benzene rings is 1. The first-order chi connectivity index (χ1) is 13.7. The Morgan fingerprint density at radius 3 is 2.46 bits per heavy atom. The van der Waals surface area contributed by atoms with Gasteiger partial charge in [-0.3, -0.25) is 9.80 Å². The Kier molecular flexibility index (Phi) is 6.14. The van der Waals surface area contributed by atoms with Crippen molar-refractivity contribution in [3.05, 3.63) is 23.8 Å². The van der Waals surface area contributed by atoms with Gasteiger partial charge in [0.1, 0.15) is 0 Å². The van der Waals surface area contributed by atoms with Crippen molar-refractivity contribution >= 4 is 0 Å². The molecule has 1 aromatic carbocycles. The van der Waals surface area contributed by atoms with Gasteiger partial charge >= 0.3 is 0 Å². The first-order valence-electron chi connectivity index (χ1n) is 10.8. The number of methoxy groups -OCH3 is 3. The van der Waals surface area contributed by atoms with Crippen LogP contribution in [0.4, 0.5) is 0 Å². The molecule has 1 atom stereocenters. The van der Waals surface area contributed by atoms with Crippen molar-refractivity contribution in [2.24, 2.45) is 11.3 Å². The highest BCUT2D eigenvalue weighted by Gasteiger charge is 2.49. The summed E-state index contributed by atoms with van der Waals surface area (Å²) in [6, 6.07) is 7.03. The molecule has 28 heavy (non-hydrogen) atoms. The molecule has 2 aliphatic heterocycles. The highest BCUT2D eigenvalue weighted by molar-refractivity contribution is 5.46. The molecule has 0 N–H and O–H groups in total. The standard InChI is InChI=1S/C23H36N2O3/c1-26-16-19-15-25(20-7-5-8-20)17-23(19)10-12-24(13-11-23)14-18-6-4-9-21(27-2)22(18)28-3/h4,6,9,19-20H,5,7-8,10-17H2,1-3H3. The molecule has 5 nitrogen and oxygen atoms in total. The van der Waals surface area contributed by atoms with Crippen molar-refractivity contribution < 1.29 is 14.2 Å². The topological polar surface area (TPSA) is 34.2 Å². The van der Waals surface area contributed by atoms with Crippen LogP contribution in [0.5, 0.6) is 11.5 Å². The normalized spacial score (nSPS) is 25.8. The van der Waals surface area contributed by atoms with E-state index in [1.807, 2.05) is 13.2 Å². The van der Waals surface area contributed by atoms with Crippen molar-refractivity contribution in [3.63, 3.8) is 0 Å². The van der Waals surface area contributed by atoms with Gasteiger partial charge in [0.05, 0.1) is 20.8 Å². The average Bonchev–Trinajstić information content (AvgIpc) is 2.99. The molecule has 1 aromatic rings. The van der Waals surface area contributed by atoms with Gasteiger partial charge in [0.2, 0.25) is 0 Å². The van der Waals surface area contributed by atoms with E-state index < -0.39 is 0 Å². The van der Waals surface area contributed by atoms with E-state index in [0.29, 0.717) is 11.3 Å². The molecule has 0 aromatic heterocycles. The molecule has 2 heterocycles. The van der Waals surface area contributed by atoms with E-state index >= 15 is 0 Å². The van der Waals surface area contributed by atoms with Gasteiger partial charge in [-0.15, -0.1) is 0 Å². The maximum atomic E-state index is 5.64. The van der Waals surface area contributed by atoms with Gasteiger partial charge in [-0.2, -0.15) is 0 Å². The molecule has 1 unspecified atom stereocenters. The second kappa shape index (κ2) is 8.60. The number of para-hydroxylation sites is 1. The summed E-state index contributed by atoms with van der Waals surface area (Å²) in [5.41, 5.74) is 1.66. The monoisotopic (exact) mass is 388 g/mol. The Labute approximate surface area is 169 Å². The van der Waals surface area contributed by atoms with E-state index in [4.69, 9.17) is 14.2 Å². The molecular weight excluding hydrogens is 352 g/mol. The minimum atomic E-state index is 0.445. The van der Waals surface area contributed by atoms with Crippen LogP contribution in [-0.4, -0.2) is 70.0 Å². The zero-order chi connectivity index (χ0) is 19.6. The molecule has 4 rings (SSSR count). The fourth-order valence-corrected chi connectivity index (χ4v) is 5.58. The van der Waals surface area contributed by atoms with Crippen LogP contribution < -0.4 is 9.47 Å². The second-order valence-electron chi connectivity index (χ2n) is 8.96. The summed E-state index contributed by atoms with van der Waals surface area (Å²) < 4.78 is 16.7. The van der Waals surface area contributed by atoms with Gasteiger partial charge in [-0.1, -0.05) is 18.6 Å². The van der Waals surface area contributed by atoms with Crippen LogP contribution in [0.1, 0.15) is 37.7 Å². The number of rotatable bonds is 7. The maximum absolute atomic E-state index is 5.64. The molecule has 156 valence electrons. The molecule has 3 aliphatic rings. The first kappa shape index (κ1) is 20.0. The van der Waals surface area contributed by atoms with Gasteiger partial charge < -0.3 is 14.2 Å². The molecular formula is C23H36N2O3. The number of hydrogen-bond acceptors (Lipinski definition) is 5. The molecule has 0 radical (unpaired) electrons. The largest absolute Gasteiger partial charge is 0.493 e. The lowest BCUT2D eigenvalue weighted by atomic mass is 9.71. The molecule has 0 bridgehead atoms. The van der Waals surface area contributed by atoms with Crippen molar-refractivity contribution in [1.82, 2.24) is 9.80 Å². The van der Waals surface area contributed by atoms with Crippen LogP contribution in [0.15, 0.2) is 18.2 Å². The Morgan fingerprint density at radius 1 is 1.07 bits per heavy atom. The highest BCUT2D eigenvalue weighted by Crippen LogP contribution is 2.47. The fraction of sp³-hybridized carbons (Fsp3) is 0.739. The van der Waals surface area contributed by atoms with Gasteiger partial charge in [-0.05, 0) is 50.3 Å². The predicted molar refractivity (Wildman–Crippen MR) is 111 cm³/mol. The van der Waals surface area contributed by atoms with E-state index in [-0.39, 0.29) is 0 Å². The quantitative estimate of drug-likeness (QED) is 0.715. The van der Waals surface area contributed by atoms with Crippen molar-refractivity contribution in [1.29, 1.82) is 0 Å². The molecule has 1 spiro atoms. The summed E-state index contributed by atoms with van der Waals surface area (Å²) in [5, 5.41) is 0. The molecule has 2 saturated heterocycles. The fourth-order valence-electron chi connectivity index (χ4n) is 5.58. The number of hydrogen-bond donors (Lipinski definition) is 0. The molecule has 1 aliphatic carbocycles. The molecule has 1 saturated carbocycles. The zero-order valence-corrected chi connectivity index (χ0v) is 17.8. The average molecular weight is 389 g/mol. The van der Waals surface area contributed by atoms with Crippen molar-refractivity contribution in [2.75, 3.05) is 54.1 Å². The summed E-state index contributed by atoms with van der Waals surface area (Å²) >= 11 is 0. The van der Waals surface area contributed by atoms with Crippen LogP contribution >= 0.6 is 0 Å². The number of ether oxygens (including phenoxy) is 3. The lowest BCUT2D eigenvalue weighted by molar-refractivity contribution is 0.0334. The first-order valence-corrected chi connectivity index (χ1v) is 10.8. The summed E-state index contributed by atoms with van der Waals surface area (Å²) in [7, 11) is 5.30. The molecule has 5 heteroatoms. The lowest BCUT2D eigenvalue weighted by Gasteiger charge is -2.43. The Morgan fingerprint density at radius 2 is 1.86 bits per heavy atom. The Bertz CT molecular complexity index is 653. The van der Waals surface area contributed by atoms with E-state index in [2.05, 4.69) is 21.9 Å². The van der Waals surface area contributed by atoms with Crippen LogP contribution in [0.2, 0.25) is 0 Å². The number of nitrogens with zero attached hydrogens (tertiary/aromatic N) is 2. The van der Waals surface area contributed by atoms with Crippen LogP contribution in [0.3, 0.4) is 0 Å². The van der Waals surface area contributed by atoms with Crippen molar-refractivity contribution in [3.8, 4) is 11.5 Å². The van der Waals surface area contributed by atoms with Gasteiger partial charge in [0, 0.05) is 44.3 Å². The summed E-state index contributed by atoms with van der Waals surface area (Å²) in [5.74, 6) is 2.38. The Hall–Kier alpha value is -1.30. The predicted octanol–water partition coefficient (Wildman–Crippen LogP) is 3.42. The minimum Gasteiger partial charge on any atom is -0.493 e. The number of likely N-dealkylation sites (tertiary alicyclic amines) is 2. The third-order valence-electron chi connectivity index (χ3n) is 7.53. The van der Waals surface area contributed by atoms with E-state index in [0.717, 1.165) is 43.8 Å². The molecule has 0 amide bonds. The SMILES string of the molecule is COCC1CN(C2CCC2)CC12CCN(Cc1cccc(OC)c1OC)CC2. The highest BCUT2D eigenvalue weighted by atomic mass is 16.5. The second-order valence-corrected chi connectivity index (χ2v) is 8.96. The summed E-state index contributed by atoms with van der Waals surface area (Å²) in [6.45, 7) is 6.66. The van der Waals surface area contributed by atoms with Gasteiger partial charge in [0.15, 0.2) is 11.5 Å². The van der Waals surface area contributed by atoms with Crippen LogP contribution in [-0.2, 0) is 11.3 Å². The number of piperidine rings is 1. The molecule has 3 fully saturated rings. The third-order valence-corrected chi connectivity index (χ3v) is 7.53. The van der Waals surface area contributed by atoms with E-state index in [9.17, 15) is 0 Å². The lowest BCUT2D eigenvalue weighted by Crippen LogP contribution is -2.45. The van der Waals surface area contributed by atoms with E-state index in [1.54, 1.807) is 14.2 Å². The summed E-state index contributed by atoms with van der Waals surface area (Å²) in [4.78, 5) is 5.37.